The molecule has 27 heavy (non-hydrogen) atoms. The van der Waals surface area contributed by atoms with Crippen molar-refractivity contribution >= 4 is 23.2 Å². The van der Waals surface area contributed by atoms with E-state index in [9.17, 15) is 9.59 Å². The van der Waals surface area contributed by atoms with Crippen LogP contribution in [-0.4, -0.2) is 40.0 Å². The highest BCUT2D eigenvalue weighted by Gasteiger charge is 2.28. The van der Waals surface area contributed by atoms with Crippen molar-refractivity contribution in [2.24, 2.45) is 12.0 Å². The van der Waals surface area contributed by atoms with Gasteiger partial charge in [-0.1, -0.05) is 0 Å². The fraction of sp³-hybridized carbons (Fsp3) is 0.450. The molecule has 2 heterocycles. The highest BCUT2D eigenvalue weighted by Crippen LogP contribution is 2.23. The average Bonchev–Trinajstić information content (AvgIpc) is 3.05. The topological polar surface area (TPSA) is 63.9 Å². The molecule has 0 saturated carbocycles. The number of amides is 2. The molecule has 2 unspecified atom stereocenters. The largest absolute Gasteiger partial charge is 0.484 e. The van der Waals surface area contributed by atoms with Gasteiger partial charge in [0.05, 0.1) is 0 Å². The van der Waals surface area contributed by atoms with Crippen LogP contribution in [0.4, 0.5) is 0 Å². The second-order valence-electron chi connectivity index (χ2n) is 6.96. The van der Waals surface area contributed by atoms with E-state index in [0.29, 0.717) is 16.1 Å². The molecule has 1 fully saturated rings. The van der Waals surface area contributed by atoms with Crippen LogP contribution < -0.4 is 9.54 Å². The lowest BCUT2D eigenvalue weighted by Crippen LogP contribution is -2.49. The highest BCUT2D eigenvalue weighted by atomic mass is 32.1. The summed E-state index contributed by atoms with van der Waals surface area (Å²) >= 11 is 1.41. The van der Waals surface area contributed by atoms with Crippen LogP contribution in [0, 0.1) is 0 Å². The van der Waals surface area contributed by atoms with Gasteiger partial charge in [-0.2, -0.15) is 4.99 Å². The summed E-state index contributed by atoms with van der Waals surface area (Å²) in [6, 6.07) is 7.26. The van der Waals surface area contributed by atoms with Crippen LogP contribution in [0.1, 0.15) is 43.5 Å². The molecule has 2 atom stereocenters. The molecule has 2 aromatic rings. The zero-order chi connectivity index (χ0) is 19.4. The molecular formula is C20H25N3O3S. The van der Waals surface area contributed by atoms with Gasteiger partial charge in [0, 0.05) is 36.3 Å². The molecule has 0 spiro atoms. The third-order valence-corrected chi connectivity index (χ3v) is 5.75. The van der Waals surface area contributed by atoms with E-state index >= 15 is 0 Å². The van der Waals surface area contributed by atoms with Crippen molar-refractivity contribution in [3.63, 3.8) is 0 Å². The van der Waals surface area contributed by atoms with Crippen LogP contribution >= 0.6 is 11.3 Å². The Morgan fingerprint density at radius 2 is 1.85 bits per heavy atom. The molecular weight excluding hydrogens is 362 g/mol. The van der Waals surface area contributed by atoms with E-state index in [1.54, 1.807) is 28.8 Å². The molecule has 1 saturated heterocycles. The third-order valence-electron chi connectivity index (χ3n) is 4.90. The maximum Gasteiger partial charge on any atom is 0.279 e. The van der Waals surface area contributed by atoms with E-state index in [1.165, 1.54) is 11.3 Å². The molecule has 144 valence electrons. The first-order chi connectivity index (χ1) is 13.0. The van der Waals surface area contributed by atoms with E-state index in [2.05, 4.69) is 18.8 Å². The van der Waals surface area contributed by atoms with Gasteiger partial charge in [0.1, 0.15) is 5.75 Å². The molecule has 0 bridgehead atoms. The average molecular weight is 388 g/mol. The number of carbonyl (C=O) groups excluding carboxylic acids is 2. The number of hydrogen-bond acceptors (Lipinski definition) is 4. The SMILES string of the molecule is CC1CCCC(C)N1C(=O)COc1ccc(C(=O)N=c2sccn2C)cc1. The van der Waals surface area contributed by atoms with Gasteiger partial charge in [-0.3, -0.25) is 9.59 Å². The zero-order valence-electron chi connectivity index (χ0n) is 15.9. The molecule has 0 aliphatic carbocycles. The van der Waals surface area contributed by atoms with Crippen molar-refractivity contribution in [3.05, 3.63) is 46.2 Å². The minimum Gasteiger partial charge on any atom is -0.484 e. The number of thiazole rings is 1. The molecule has 6 nitrogen and oxygen atoms in total. The summed E-state index contributed by atoms with van der Waals surface area (Å²) in [5, 5.41) is 1.88. The summed E-state index contributed by atoms with van der Waals surface area (Å²) in [5.41, 5.74) is 0.486. The summed E-state index contributed by atoms with van der Waals surface area (Å²) < 4.78 is 7.44. The lowest BCUT2D eigenvalue weighted by atomic mass is 9.97. The Balaban J connectivity index is 1.60. The summed E-state index contributed by atoms with van der Waals surface area (Å²) in [7, 11) is 1.85. The lowest BCUT2D eigenvalue weighted by molar-refractivity contribution is -0.139. The van der Waals surface area contributed by atoms with Crippen LogP contribution in [0.2, 0.25) is 0 Å². The Morgan fingerprint density at radius 3 is 2.44 bits per heavy atom. The number of benzene rings is 1. The third kappa shape index (κ3) is 4.66. The van der Waals surface area contributed by atoms with E-state index in [-0.39, 0.29) is 30.5 Å². The molecule has 0 radical (unpaired) electrons. The summed E-state index contributed by atoms with van der Waals surface area (Å²) in [6.45, 7) is 4.19. The normalized spacial score (nSPS) is 20.6. The van der Waals surface area contributed by atoms with Gasteiger partial charge in [-0.15, -0.1) is 11.3 Å². The number of hydrogen-bond donors (Lipinski definition) is 0. The van der Waals surface area contributed by atoms with Gasteiger partial charge < -0.3 is 14.2 Å². The van der Waals surface area contributed by atoms with Crippen molar-refractivity contribution in [1.82, 2.24) is 9.47 Å². The molecule has 1 aliphatic rings. The number of carbonyl (C=O) groups is 2. The Bertz CT molecular complexity index is 859. The van der Waals surface area contributed by atoms with Gasteiger partial charge in [0.25, 0.3) is 11.8 Å². The number of rotatable bonds is 4. The van der Waals surface area contributed by atoms with Crippen molar-refractivity contribution in [3.8, 4) is 5.75 Å². The predicted octanol–water partition coefficient (Wildman–Crippen LogP) is 3.00. The van der Waals surface area contributed by atoms with E-state index in [1.807, 2.05) is 23.5 Å². The van der Waals surface area contributed by atoms with Crippen LogP contribution in [0.5, 0.6) is 5.75 Å². The highest BCUT2D eigenvalue weighted by molar-refractivity contribution is 7.07. The number of aryl methyl sites for hydroxylation is 1. The molecule has 1 aliphatic heterocycles. The zero-order valence-corrected chi connectivity index (χ0v) is 16.7. The van der Waals surface area contributed by atoms with Crippen molar-refractivity contribution in [2.75, 3.05) is 6.61 Å². The molecule has 2 amide bonds. The van der Waals surface area contributed by atoms with Crippen molar-refractivity contribution in [1.29, 1.82) is 0 Å². The Kier molecular flexibility index (Phi) is 6.11. The minimum absolute atomic E-state index is 0.00930. The first kappa shape index (κ1) is 19.4. The Hall–Kier alpha value is -2.41. The van der Waals surface area contributed by atoms with Crippen LogP contribution in [0.15, 0.2) is 40.8 Å². The smallest absolute Gasteiger partial charge is 0.279 e. The van der Waals surface area contributed by atoms with Gasteiger partial charge >= 0.3 is 0 Å². The fourth-order valence-electron chi connectivity index (χ4n) is 3.41. The fourth-order valence-corrected chi connectivity index (χ4v) is 4.14. The summed E-state index contributed by atoms with van der Waals surface area (Å²) in [6.07, 6.45) is 5.10. The maximum atomic E-state index is 12.5. The van der Waals surface area contributed by atoms with Gasteiger partial charge in [0.15, 0.2) is 11.4 Å². The van der Waals surface area contributed by atoms with Crippen molar-refractivity contribution in [2.45, 2.75) is 45.2 Å². The number of ether oxygens (including phenoxy) is 1. The van der Waals surface area contributed by atoms with Crippen LogP contribution in [0.25, 0.3) is 0 Å². The van der Waals surface area contributed by atoms with Gasteiger partial charge in [-0.05, 0) is 57.4 Å². The number of piperidine rings is 1. The van der Waals surface area contributed by atoms with E-state index < -0.39 is 0 Å². The molecule has 7 heteroatoms. The standard InChI is InChI=1S/C20H25N3O3S/c1-14-5-4-6-15(2)23(14)18(24)13-26-17-9-7-16(8-10-17)19(25)21-20-22(3)11-12-27-20/h7-12,14-15H,4-6,13H2,1-3H3. The number of aromatic nitrogens is 1. The van der Waals surface area contributed by atoms with Crippen LogP contribution in [-0.2, 0) is 11.8 Å². The Morgan fingerprint density at radius 1 is 1.19 bits per heavy atom. The second-order valence-corrected chi connectivity index (χ2v) is 7.83. The molecule has 3 rings (SSSR count). The van der Waals surface area contributed by atoms with Gasteiger partial charge in [0.2, 0.25) is 0 Å². The number of likely N-dealkylation sites (tertiary alicyclic amines) is 1. The second kappa shape index (κ2) is 8.52. The lowest BCUT2D eigenvalue weighted by Gasteiger charge is -2.38. The quantitative estimate of drug-likeness (QED) is 0.810. The summed E-state index contributed by atoms with van der Waals surface area (Å²) in [4.78, 5) is 31.4. The maximum absolute atomic E-state index is 12.5. The van der Waals surface area contributed by atoms with Gasteiger partial charge in [-0.25, -0.2) is 0 Å². The molecule has 1 aromatic carbocycles. The predicted molar refractivity (Wildman–Crippen MR) is 105 cm³/mol. The Labute approximate surface area is 163 Å². The summed E-state index contributed by atoms with van der Waals surface area (Å²) in [5.74, 6) is 0.278. The first-order valence-corrected chi connectivity index (χ1v) is 10.1. The minimum atomic E-state index is -0.299. The van der Waals surface area contributed by atoms with E-state index in [4.69, 9.17) is 4.74 Å². The van der Waals surface area contributed by atoms with Crippen LogP contribution in [0.3, 0.4) is 0 Å². The number of nitrogens with zero attached hydrogens (tertiary/aromatic N) is 3. The first-order valence-electron chi connectivity index (χ1n) is 9.19. The molecule has 1 aromatic heterocycles. The molecule has 0 N–H and O–H groups in total. The monoisotopic (exact) mass is 387 g/mol. The van der Waals surface area contributed by atoms with E-state index in [0.717, 1.165) is 19.3 Å². The van der Waals surface area contributed by atoms with Crippen molar-refractivity contribution < 1.29 is 14.3 Å².